The van der Waals surface area contributed by atoms with E-state index in [1.165, 1.54) is 10.9 Å². The Morgan fingerprint density at radius 1 is 1.09 bits per heavy atom. The fraction of sp³-hybridized carbons (Fsp3) is 0.105. The van der Waals surface area contributed by atoms with Gasteiger partial charge in [0.25, 0.3) is 0 Å². The van der Waals surface area contributed by atoms with Crippen LogP contribution in [0.4, 0.5) is 0 Å². The van der Waals surface area contributed by atoms with E-state index < -0.39 is 0 Å². The normalized spacial score (nSPS) is 11.4. The molecule has 2 N–H and O–H groups in total. The van der Waals surface area contributed by atoms with E-state index in [4.69, 9.17) is 22.3 Å². The zero-order chi connectivity index (χ0) is 16.0. The van der Waals surface area contributed by atoms with Gasteiger partial charge < -0.3 is 10.3 Å². The number of pyridine rings is 1. The van der Waals surface area contributed by atoms with Gasteiger partial charge in [-0.3, -0.25) is 0 Å². The standard InChI is InChI=1S/C19H16ClN3/c1-23-11-16(15-8-12(10-21)2-7-19(15)23)18-5-3-13-9-14(20)4-6-17(13)22-18/h2-9,11H,10,21H2,1H3. The molecule has 0 fully saturated rings. The first-order valence-electron chi connectivity index (χ1n) is 7.50. The van der Waals surface area contributed by atoms with Crippen LogP contribution < -0.4 is 5.73 Å². The molecule has 4 aromatic rings. The zero-order valence-corrected chi connectivity index (χ0v) is 13.5. The Bertz CT molecular complexity index is 1030. The predicted molar refractivity (Wildman–Crippen MR) is 96.6 cm³/mol. The number of aromatic nitrogens is 2. The molecule has 0 unspecified atom stereocenters. The molecule has 2 aromatic heterocycles. The van der Waals surface area contributed by atoms with Gasteiger partial charge in [0.1, 0.15) is 0 Å². The lowest BCUT2D eigenvalue weighted by Gasteiger charge is -2.04. The van der Waals surface area contributed by atoms with Crippen LogP contribution in [0.15, 0.2) is 54.7 Å². The van der Waals surface area contributed by atoms with Gasteiger partial charge in [-0.15, -0.1) is 0 Å². The Labute approximate surface area is 139 Å². The summed E-state index contributed by atoms with van der Waals surface area (Å²) >= 11 is 6.05. The summed E-state index contributed by atoms with van der Waals surface area (Å²) in [7, 11) is 2.05. The van der Waals surface area contributed by atoms with Crippen LogP contribution in [0.5, 0.6) is 0 Å². The van der Waals surface area contributed by atoms with Gasteiger partial charge in [0.15, 0.2) is 0 Å². The molecule has 0 spiro atoms. The molecule has 2 heterocycles. The number of hydrogen-bond donors (Lipinski definition) is 1. The van der Waals surface area contributed by atoms with E-state index in [-0.39, 0.29) is 0 Å². The number of benzene rings is 2. The van der Waals surface area contributed by atoms with Crippen LogP contribution in [0.2, 0.25) is 5.02 Å². The monoisotopic (exact) mass is 321 g/mol. The van der Waals surface area contributed by atoms with Crippen molar-refractivity contribution in [3.05, 3.63) is 65.3 Å². The van der Waals surface area contributed by atoms with Crippen LogP contribution in [0, 0.1) is 0 Å². The third-order valence-electron chi connectivity index (χ3n) is 4.22. The van der Waals surface area contributed by atoms with Crippen LogP contribution >= 0.6 is 11.6 Å². The molecule has 4 rings (SSSR count). The summed E-state index contributed by atoms with van der Waals surface area (Å²) in [6.45, 7) is 0.536. The molecule has 0 aliphatic carbocycles. The minimum Gasteiger partial charge on any atom is -0.350 e. The lowest BCUT2D eigenvalue weighted by molar-refractivity contribution is 0.968. The van der Waals surface area contributed by atoms with Gasteiger partial charge in [0.2, 0.25) is 0 Å². The largest absolute Gasteiger partial charge is 0.350 e. The quantitative estimate of drug-likeness (QED) is 0.590. The lowest BCUT2D eigenvalue weighted by Crippen LogP contribution is -1.95. The summed E-state index contributed by atoms with van der Waals surface area (Å²) in [4.78, 5) is 4.80. The van der Waals surface area contributed by atoms with Crippen molar-refractivity contribution in [3.63, 3.8) is 0 Å². The van der Waals surface area contributed by atoms with Crippen LogP contribution in [-0.2, 0) is 13.6 Å². The molecule has 3 nitrogen and oxygen atoms in total. The van der Waals surface area contributed by atoms with Gasteiger partial charge in [-0.2, -0.15) is 0 Å². The SMILES string of the molecule is Cn1cc(-c2ccc3cc(Cl)ccc3n2)c2cc(CN)ccc21. The number of halogens is 1. The molecule has 114 valence electrons. The Balaban J connectivity index is 1.96. The molecular formula is C19H16ClN3. The van der Waals surface area contributed by atoms with Crippen molar-refractivity contribution >= 4 is 33.4 Å². The van der Waals surface area contributed by atoms with Crippen molar-refractivity contribution in [3.8, 4) is 11.3 Å². The Morgan fingerprint density at radius 2 is 1.96 bits per heavy atom. The number of nitrogens with zero attached hydrogens (tertiary/aromatic N) is 2. The Hall–Kier alpha value is -2.36. The van der Waals surface area contributed by atoms with Gasteiger partial charge in [-0.25, -0.2) is 4.98 Å². The third-order valence-corrected chi connectivity index (χ3v) is 4.45. The van der Waals surface area contributed by atoms with Gasteiger partial charge in [0.05, 0.1) is 11.2 Å². The van der Waals surface area contributed by atoms with Crippen molar-refractivity contribution in [2.24, 2.45) is 12.8 Å². The summed E-state index contributed by atoms with van der Waals surface area (Å²) in [5.41, 5.74) is 11.1. The van der Waals surface area contributed by atoms with Crippen molar-refractivity contribution in [1.29, 1.82) is 0 Å². The van der Waals surface area contributed by atoms with Gasteiger partial charge in [-0.1, -0.05) is 23.7 Å². The van der Waals surface area contributed by atoms with E-state index in [9.17, 15) is 0 Å². The van der Waals surface area contributed by atoms with Crippen LogP contribution in [0.1, 0.15) is 5.56 Å². The second kappa shape index (κ2) is 5.37. The highest BCUT2D eigenvalue weighted by Crippen LogP contribution is 2.31. The first-order valence-corrected chi connectivity index (χ1v) is 7.88. The van der Waals surface area contributed by atoms with E-state index >= 15 is 0 Å². The Morgan fingerprint density at radius 3 is 2.78 bits per heavy atom. The first kappa shape index (κ1) is 14.2. The summed E-state index contributed by atoms with van der Waals surface area (Å²) in [6, 6.07) is 16.2. The molecule has 0 saturated heterocycles. The highest BCUT2D eigenvalue weighted by molar-refractivity contribution is 6.31. The second-order valence-electron chi connectivity index (χ2n) is 5.74. The second-order valence-corrected chi connectivity index (χ2v) is 6.18. The van der Waals surface area contributed by atoms with E-state index in [0.29, 0.717) is 6.54 Å². The molecular weight excluding hydrogens is 306 g/mol. The lowest BCUT2D eigenvalue weighted by atomic mass is 10.1. The van der Waals surface area contributed by atoms with Gasteiger partial charge >= 0.3 is 0 Å². The summed E-state index contributed by atoms with van der Waals surface area (Å²) in [5.74, 6) is 0. The van der Waals surface area contributed by atoms with Crippen molar-refractivity contribution in [2.45, 2.75) is 6.54 Å². The molecule has 0 aliphatic rings. The van der Waals surface area contributed by atoms with Crippen molar-refractivity contribution < 1.29 is 0 Å². The van der Waals surface area contributed by atoms with Crippen molar-refractivity contribution in [1.82, 2.24) is 9.55 Å². The maximum Gasteiger partial charge on any atom is 0.0731 e. The predicted octanol–water partition coefficient (Wildman–Crippen LogP) is 4.51. The highest BCUT2D eigenvalue weighted by atomic mass is 35.5. The summed E-state index contributed by atoms with van der Waals surface area (Å²) in [6.07, 6.45) is 2.12. The number of nitrogens with two attached hydrogens (primary N) is 1. The summed E-state index contributed by atoms with van der Waals surface area (Å²) in [5, 5.41) is 2.95. The molecule has 4 heteroatoms. The fourth-order valence-electron chi connectivity index (χ4n) is 3.02. The van der Waals surface area contributed by atoms with Crippen molar-refractivity contribution in [2.75, 3.05) is 0 Å². The molecule has 23 heavy (non-hydrogen) atoms. The average Bonchev–Trinajstić information content (AvgIpc) is 2.90. The van der Waals surface area contributed by atoms with E-state index in [2.05, 4.69) is 42.1 Å². The van der Waals surface area contributed by atoms with E-state index in [0.717, 1.165) is 32.7 Å². The number of aryl methyl sites for hydroxylation is 1. The van der Waals surface area contributed by atoms with Crippen LogP contribution in [0.25, 0.3) is 33.1 Å². The zero-order valence-electron chi connectivity index (χ0n) is 12.8. The maximum absolute atomic E-state index is 6.05. The topological polar surface area (TPSA) is 43.8 Å². The molecule has 0 bridgehead atoms. The maximum atomic E-state index is 6.05. The molecule has 0 aliphatic heterocycles. The smallest absolute Gasteiger partial charge is 0.0731 e. The molecule has 0 saturated carbocycles. The number of rotatable bonds is 2. The first-order chi connectivity index (χ1) is 11.2. The average molecular weight is 322 g/mol. The van der Waals surface area contributed by atoms with E-state index in [1.54, 1.807) is 0 Å². The Kier molecular flexibility index (Phi) is 3.33. The number of fused-ring (bicyclic) bond motifs is 2. The minimum absolute atomic E-state index is 0.536. The minimum atomic E-state index is 0.536. The molecule has 2 aromatic carbocycles. The van der Waals surface area contributed by atoms with Crippen LogP contribution in [-0.4, -0.2) is 9.55 Å². The highest BCUT2D eigenvalue weighted by Gasteiger charge is 2.11. The molecule has 0 amide bonds. The van der Waals surface area contributed by atoms with Gasteiger partial charge in [-0.05, 0) is 42.0 Å². The summed E-state index contributed by atoms with van der Waals surface area (Å²) < 4.78 is 2.12. The van der Waals surface area contributed by atoms with E-state index in [1.807, 2.05) is 24.3 Å². The third kappa shape index (κ3) is 2.38. The fourth-order valence-corrected chi connectivity index (χ4v) is 3.20. The molecule has 0 radical (unpaired) electrons. The number of hydrogen-bond acceptors (Lipinski definition) is 2. The molecule has 0 atom stereocenters. The van der Waals surface area contributed by atoms with Gasteiger partial charge in [0, 0.05) is 46.7 Å². The van der Waals surface area contributed by atoms with Crippen LogP contribution in [0.3, 0.4) is 0 Å².